The van der Waals surface area contributed by atoms with Gasteiger partial charge in [0.1, 0.15) is 0 Å². The molecule has 0 radical (unpaired) electrons. The standard InChI is InChI=1S/C9H21N3/c1-9-8-12(5-3-4-10)7-6-11(9)2/h9H,3-8,10H2,1-2H3. The molecule has 0 amide bonds. The van der Waals surface area contributed by atoms with Gasteiger partial charge in [-0.15, -0.1) is 0 Å². The number of hydrogen-bond acceptors (Lipinski definition) is 3. The van der Waals surface area contributed by atoms with Crippen molar-refractivity contribution >= 4 is 0 Å². The zero-order valence-electron chi connectivity index (χ0n) is 8.29. The highest BCUT2D eigenvalue weighted by Crippen LogP contribution is 2.06. The second-order valence-electron chi connectivity index (χ2n) is 3.77. The van der Waals surface area contributed by atoms with Gasteiger partial charge in [0.25, 0.3) is 0 Å². The number of nitrogens with zero attached hydrogens (tertiary/aromatic N) is 2. The minimum atomic E-state index is 0.705. The molecule has 3 nitrogen and oxygen atoms in total. The first kappa shape index (κ1) is 9.96. The van der Waals surface area contributed by atoms with E-state index in [1.54, 1.807) is 0 Å². The van der Waals surface area contributed by atoms with Crippen LogP contribution in [0.25, 0.3) is 0 Å². The minimum Gasteiger partial charge on any atom is -0.330 e. The van der Waals surface area contributed by atoms with E-state index < -0.39 is 0 Å². The van der Waals surface area contributed by atoms with Gasteiger partial charge in [0.2, 0.25) is 0 Å². The van der Waals surface area contributed by atoms with Gasteiger partial charge in [-0.05, 0) is 33.5 Å². The molecule has 1 atom stereocenters. The van der Waals surface area contributed by atoms with Gasteiger partial charge in [-0.25, -0.2) is 0 Å². The van der Waals surface area contributed by atoms with Crippen molar-refractivity contribution < 1.29 is 0 Å². The van der Waals surface area contributed by atoms with Crippen LogP contribution in [0.3, 0.4) is 0 Å². The molecule has 1 fully saturated rings. The summed E-state index contributed by atoms with van der Waals surface area (Å²) in [4.78, 5) is 4.93. The third kappa shape index (κ3) is 2.73. The second kappa shape index (κ2) is 4.80. The Morgan fingerprint density at radius 2 is 2.17 bits per heavy atom. The van der Waals surface area contributed by atoms with Crippen LogP contribution in [0.2, 0.25) is 0 Å². The lowest BCUT2D eigenvalue weighted by atomic mass is 10.2. The maximum atomic E-state index is 5.47. The zero-order chi connectivity index (χ0) is 8.97. The van der Waals surface area contributed by atoms with Crippen molar-refractivity contribution in [1.29, 1.82) is 0 Å². The van der Waals surface area contributed by atoms with Crippen LogP contribution < -0.4 is 5.73 Å². The summed E-state index contributed by atoms with van der Waals surface area (Å²) in [5, 5.41) is 0. The van der Waals surface area contributed by atoms with E-state index in [1.165, 1.54) is 26.2 Å². The first-order valence-electron chi connectivity index (χ1n) is 4.86. The summed E-state index contributed by atoms with van der Waals surface area (Å²) in [7, 11) is 2.20. The molecule has 1 rings (SSSR count). The summed E-state index contributed by atoms with van der Waals surface area (Å²) in [5.74, 6) is 0. The fourth-order valence-corrected chi connectivity index (χ4v) is 1.64. The summed E-state index contributed by atoms with van der Waals surface area (Å²) in [6, 6.07) is 0.705. The summed E-state index contributed by atoms with van der Waals surface area (Å²) in [6.07, 6.45) is 1.14. The van der Waals surface area contributed by atoms with E-state index in [0.717, 1.165) is 13.0 Å². The summed E-state index contributed by atoms with van der Waals surface area (Å²) in [5.41, 5.74) is 5.47. The van der Waals surface area contributed by atoms with Crippen LogP contribution in [-0.2, 0) is 0 Å². The Kier molecular flexibility index (Phi) is 3.98. The van der Waals surface area contributed by atoms with Crippen LogP contribution in [0.5, 0.6) is 0 Å². The number of rotatable bonds is 3. The van der Waals surface area contributed by atoms with Crippen LogP contribution in [0.4, 0.5) is 0 Å². The van der Waals surface area contributed by atoms with Gasteiger partial charge in [-0.3, -0.25) is 0 Å². The normalized spacial score (nSPS) is 27.8. The summed E-state index contributed by atoms with van der Waals surface area (Å²) >= 11 is 0. The molecule has 0 aliphatic carbocycles. The predicted molar refractivity (Wildman–Crippen MR) is 52.2 cm³/mol. The Morgan fingerprint density at radius 1 is 1.42 bits per heavy atom. The van der Waals surface area contributed by atoms with Gasteiger partial charge in [0, 0.05) is 25.7 Å². The van der Waals surface area contributed by atoms with E-state index in [4.69, 9.17) is 5.73 Å². The highest BCUT2D eigenvalue weighted by molar-refractivity contribution is 4.76. The molecule has 0 aromatic rings. The predicted octanol–water partition coefficient (Wildman–Crippen LogP) is -0.0289. The molecular weight excluding hydrogens is 150 g/mol. The van der Waals surface area contributed by atoms with Gasteiger partial charge < -0.3 is 15.5 Å². The SMILES string of the molecule is CC1CN(CCCN)CCN1C. The van der Waals surface area contributed by atoms with Crippen LogP contribution in [0.15, 0.2) is 0 Å². The molecule has 0 aromatic heterocycles. The highest BCUT2D eigenvalue weighted by Gasteiger charge is 2.19. The Balaban J connectivity index is 2.21. The molecule has 3 heteroatoms. The second-order valence-corrected chi connectivity index (χ2v) is 3.77. The zero-order valence-corrected chi connectivity index (χ0v) is 8.29. The van der Waals surface area contributed by atoms with Crippen molar-refractivity contribution in [3.63, 3.8) is 0 Å². The van der Waals surface area contributed by atoms with Crippen molar-refractivity contribution in [2.24, 2.45) is 5.73 Å². The van der Waals surface area contributed by atoms with E-state index in [2.05, 4.69) is 23.8 Å². The molecule has 1 saturated heterocycles. The maximum Gasteiger partial charge on any atom is 0.0192 e. The average Bonchev–Trinajstić information content (AvgIpc) is 2.07. The van der Waals surface area contributed by atoms with Crippen LogP contribution in [0.1, 0.15) is 13.3 Å². The molecule has 1 unspecified atom stereocenters. The molecule has 0 aromatic carbocycles. The molecule has 12 heavy (non-hydrogen) atoms. The monoisotopic (exact) mass is 171 g/mol. The van der Waals surface area contributed by atoms with E-state index in [1.807, 2.05) is 0 Å². The fourth-order valence-electron chi connectivity index (χ4n) is 1.64. The Hall–Kier alpha value is -0.120. The number of hydrogen-bond donors (Lipinski definition) is 1. The summed E-state index contributed by atoms with van der Waals surface area (Å²) in [6.45, 7) is 7.90. The van der Waals surface area contributed by atoms with Crippen molar-refractivity contribution in [3.05, 3.63) is 0 Å². The molecular formula is C9H21N3. The molecule has 72 valence electrons. The van der Waals surface area contributed by atoms with E-state index in [0.29, 0.717) is 6.04 Å². The van der Waals surface area contributed by atoms with Crippen molar-refractivity contribution in [2.45, 2.75) is 19.4 Å². The van der Waals surface area contributed by atoms with Crippen LogP contribution >= 0.6 is 0 Å². The van der Waals surface area contributed by atoms with Gasteiger partial charge in [0.05, 0.1) is 0 Å². The Labute approximate surface area is 75.5 Å². The van der Waals surface area contributed by atoms with Crippen LogP contribution in [0, 0.1) is 0 Å². The lowest BCUT2D eigenvalue weighted by molar-refractivity contribution is 0.105. The lowest BCUT2D eigenvalue weighted by Crippen LogP contribution is -2.50. The first-order valence-corrected chi connectivity index (χ1v) is 4.86. The lowest BCUT2D eigenvalue weighted by Gasteiger charge is -2.37. The molecule has 1 aliphatic rings. The number of piperazine rings is 1. The minimum absolute atomic E-state index is 0.705. The Morgan fingerprint density at radius 3 is 2.75 bits per heavy atom. The number of likely N-dealkylation sites (N-methyl/N-ethyl adjacent to an activating group) is 1. The topological polar surface area (TPSA) is 32.5 Å². The third-order valence-corrected chi connectivity index (χ3v) is 2.72. The molecule has 2 N–H and O–H groups in total. The van der Waals surface area contributed by atoms with Gasteiger partial charge in [0.15, 0.2) is 0 Å². The van der Waals surface area contributed by atoms with Gasteiger partial charge >= 0.3 is 0 Å². The molecule has 0 bridgehead atoms. The first-order chi connectivity index (χ1) is 5.74. The van der Waals surface area contributed by atoms with E-state index in [9.17, 15) is 0 Å². The summed E-state index contributed by atoms with van der Waals surface area (Å²) < 4.78 is 0. The van der Waals surface area contributed by atoms with Crippen molar-refractivity contribution in [3.8, 4) is 0 Å². The fraction of sp³-hybridized carbons (Fsp3) is 1.00. The third-order valence-electron chi connectivity index (χ3n) is 2.72. The molecule has 1 aliphatic heterocycles. The van der Waals surface area contributed by atoms with E-state index >= 15 is 0 Å². The maximum absolute atomic E-state index is 5.47. The van der Waals surface area contributed by atoms with E-state index in [-0.39, 0.29) is 0 Å². The van der Waals surface area contributed by atoms with Crippen molar-refractivity contribution in [1.82, 2.24) is 9.80 Å². The highest BCUT2D eigenvalue weighted by atomic mass is 15.3. The molecule has 1 heterocycles. The van der Waals surface area contributed by atoms with Gasteiger partial charge in [-0.2, -0.15) is 0 Å². The quantitative estimate of drug-likeness (QED) is 0.647. The Bertz CT molecular complexity index is 125. The largest absolute Gasteiger partial charge is 0.330 e. The van der Waals surface area contributed by atoms with Crippen LogP contribution in [-0.4, -0.2) is 55.6 Å². The smallest absolute Gasteiger partial charge is 0.0192 e. The van der Waals surface area contributed by atoms with Crippen molar-refractivity contribution in [2.75, 3.05) is 39.8 Å². The molecule has 0 spiro atoms. The van der Waals surface area contributed by atoms with Gasteiger partial charge in [-0.1, -0.05) is 0 Å². The number of nitrogens with two attached hydrogens (primary N) is 1. The average molecular weight is 171 g/mol. The molecule has 0 saturated carbocycles.